The van der Waals surface area contributed by atoms with Crippen molar-refractivity contribution in [1.82, 2.24) is 19.9 Å². The third-order valence-corrected chi connectivity index (χ3v) is 5.56. The van der Waals surface area contributed by atoms with Crippen LogP contribution in [0.1, 0.15) is 11.3 Å². The average Bonchev–Trinajstić information content (AvgIpc) is 3.26. The number of nitrogens with one attached hydrogen (secondary N) is 2. The number of aryl methyl sites for hydroxylation is 2. The van der Waals surface area contributed by atoms with Crippen LogP contribution in [0.2, 0.25) is 0 Å². The lowest BCUT2D eigenvalue weighted by atomic mass is 9.99. The van der Waals surface area contributed by atoms with Crippen molar-refractivity contribution in [2.75, 3.05) is 0 Å². The van der Waals surface area contributed by atoms with Gasteiger partial charge in [0.05, 0.1) is 32.5 Å². The molecule has 1 aromatic carbocycles. The van der Waals surface area contributed by atoms with Crippen LogP contribution in [0.25, 0.3) is 43.8 Å². The first-order chi connectivity index (χ1) is 13.1. The number of thiazole rings is 1. The summed E-state index contributed by atoms with van der Waals surface area (Å²) in [4.78, 5) is 28.1. The summed E-state index contributed by atoms with van der Waals surface area (Å²) in [5.41, 5.74) is 9.32. The Kier molecular flexibility index (Phi) is 3.48. The molecule has 0 unspecified atom stereocenters. The van der Waals surface area contributed by atoms with Crippen LogP contribution < -0.4 is 5.43 Å². The fraction of sp³-hybridized carbons (Fsp3) is 0.0952. The Morgan fingerprint density at radius 1 is 1.07 bits per heavy atom. The van der Waals surface area contributed by atoms with E-state index in [1.165, 1.54) is 6.07 Å². The van der Waals surface area contributed by atoms with Gasteiger partial charge < -0.3 is 9.97 Å². The number of pyridine rings is 2. The molecule has 4 heterocycles. The van der Waals surface area contributed by atoms with Crippen LogP contribution >= 0.6 is 11.3 Å². The van der Waals surface area contributed by atoms with Gasteiger partial charge in [-0.15, -0.1) is 11.3 Å². The quantitative estimate of drug-likeness (QED) is 0.467. The first-order valence-corrected chi connectivity index (χ1v) is 9.51. The van der Waals surface area contributed by atoms with Crippen LogP contribution in [0.4, 0.5) is 0 Å². The van der Waals surface area contributed by atoms with Crippen LogP contribution in [0, 0.1) is 13.8 Å². The molecule has 0 bridgehead atoms. The highest BCUT2D eigenvalue weighted by atomic mass is 32.1. The van der Waals surface area contributed by atoms with E-state index in [4.69, 9.17) is 4.98 Å². The van der Waals surface area contributed by atoms with Gasteiger partial charge >= 0.3 is 0 Å². The average molecular weight is 372 g/mol. The van der Waals surface area contributed by atoms with Crippen molar-refractivity contribution >= 4 is 32.6 Å². The zero-order valence-corrected chi connectivity index (χ0v) is 15.6. The minimum absolute atomic E-state index is 0.0395. The van der Waals surface area contributed by atoms with Gasteiger partial charge in [-0.25, -0.2) is 9.97 Å². The highest BCUT2D eigenvalue weighted by Gasteiger charge is 2.16. The third-order valence-electron chi connectivity index (χ3n) is 4.77. The number of fused-ring (bicyclic) bond motifs is 2. The number of nitrogens with zero attached hydrogens (tertiary/aromatic N) is 2. The summed E-state index contributed by atoms with van der Waals surface area (Å²) in [7, 11) is 0. The molecular weight excluding hydrogens is 356 g/mol. The molecule has 0 aliphatic heterocycles. The van der Waals surface area contributed by atoms with Gasteiger partial charge in [0.1, 0.15) is 5.65 Å². The lowest BCUT2D eigenvalue weighted by Crippen LogP contribution is -2.03. The van der Waals surface area contributed by atoms with Crippen molar-refractivity contribution in [1.29, 1.82) is 0 Å². The smallest absolute Gasteiger partial charge is 0.191 e. The number of hydrogen-bond acceptors (Lipinski definition) is 4. The third kappa shape index (κ3) is 2.57. The summed E-state index contributed by atoms with van der Waals surface area (Å²) in [5, 5.41) is 0.585. The molecule has 5 aromatic rings. The monoisotopic (exact) mass is 372 g/mol. The van der Waals surface area contributed by atoms with E-state index in [1.54, 1.807) is 17.5 Å². The van der Waals surface area contributed by atoms with E-state index in [-0.39, 0.29) is 5.43 Å². The predicted octanol–water partition coefficient (Wildman–Crippen LogP) is 4.81. The molecule has 0 saturated heterocycles. The van der Waals surface area contributed by atoms with Gasteiger partial charge in [-0.05, 0) is 49.2 Å². The minimum atomic E-state index is -0.0395. The van der Waals surface area contributed by atoms with Crippen LogP contribution in [0.3, 0.4) is 0 Å². The van der Waals surface area contributed by atoms with Crippen LogP contribution in [-0.4, -0.2) is 19.9 Å². The molecule has 0 spiro atoms. The number of hydrogen-bond donors (Lipinski definition) is 2. The van der Waals surface area contributed by atoms with E-state index >= 15 is 0 Å². The number of aromatic amines is 2. The Bertz CT molecular complexity index is 1380. The second kappa shape index (κ2) is 5.89. The van der Waals surface area contributed by atoms with E-state index in [0.717, 1.165) is 44.0 Å². The van der Waals surface area contributed by atoms with Crippen molar-refractivity contribution in [2.45, 2.75) is 13.8 Å². The molecular formula is C21H16N4OS. The minimum Gasteiger partial charge on any atom is -0.357 e. The van der Waals surface area contributed by atoms with Gasteiger partial charge in [0.25, 0.3) is 0 Å². The van der Waals surface area contributed by atoms with Crippen molar-refractivity contribution < 1.29 is 0 Å². The van der Waals surface area contributed by atoms with E-state index in [1.807, 2.05) is 30.6 Å². The molecule has 5 nitrogen and oxygen atoms in total. The zero-order chi connectivity index (χ0) is 18.5. The van der Waals surface area contributed by atoms with Gasteiger partial charge in [-0.1, -0.05) is 6.07 Å². The molecule has 0 saturated carbocycles. The normalized spacial score (nSPS) is 11.5. The van der Waals surface area contributed by atoms with Crippen molar-refractivity contribution in [3.63, 3.8) is 0 Å². The summed E-state index contributed by atoms with van der Waals surface area (Å²) in [6.45, 7) is 4.09. The Morgan fingerprint density at radius 3 is 2.78 bits per heavy atom. The first kappa shape index (κ1) is 16.0. The maximum atomic E-state index is 12.4. The summed E-state index contributed by atoms with van der Waals surface area (Å²) in [5.74, 6) is 0. The molecule has 0 aliphatic carbocycles. The second-order valence-electron chi connectivity index (χ2n) is 6.67. The highest BCUT2D eigenvalue weighted by Crippen LogP contribution is 2.35. The first-order valence-electron chi connectivity index (χ1n) is 8.63. The van der Waals surface area contributed by atoms with E-state index < -0.39 is 0 Å². The topological polar surface area (TPSA) is 74.4 Å². The van der Waals surface area contributed by atoms with Gasteiger partial charge in [-0.3, -0.25) is 4.79 Å². The fourth-order valence-electron chi connectivity index (χ4n) is 3.51. The lowest BCUT2D eigenvalue weighted by Gasteiger charge is -2.11. The zero-order valence-electron chi connectivity index (χ0n) is 14.8. The molecule has 27 heavy (non-hydrogen) atoms. The second-order valence-corrected chi connectivity index (χ2v) is 7.55. The summed E-state index contributed by atoms with van der Waals surface area (Å²) >= 11 is 1.60. The van der Waals surface area contributed by atoms with Crippen molar-refractivity contribution in [3.05, 3.63) is 69.6 Å². The molecule has 6 heteroatoms. The Hall–Kier alpha value is -3.25. The van der Waals surface area contributed by atoms with Gasteiger partial charge in [0, 0.05) is 23.5 Å². The Labute approximate surface area is 158 Å². The van der Waals surface area contributed by atoms with Gasteiger partial charge in [-0.2, -0.15) is 0 Å². The summed E-state index contributed by atoms with van der Waals surface area (Å²) < 4.78 is 1.11. The molecule has 4 aromatic heterocycles. The molecule has 0 fully saturated rings. The number of aromatic nitrogens is 4. The summed E-state index contributed by atoms with van der Waals surface area (Å²) in [6.07, 6.45) is 1.64. The molecule has 0 atom stereocenters. The number of rotatable bonds is 2. The molecule has 0 aliphatic rings. The maximum Gasteiger partial charge on any atom is 0.191 e. The van der Waals surface area contributed by atoms with Crippen LogP contribution in [0.5, 0.6) is 0 Å². The molecule has 5 rings (SSSR count). The molecule has 0 amide bonds. The SMILES string of the molecule is Cc1cc(C)c(-c2nc3[nH]ccc(=O)c3cc2-c2ccc3ncsc3c2)[nH]1. The number of benzene rings is 1. The fourth-order valence-corrected chi connectivity index (χ4v) is 4.22. The summed E-state index contributed by atoms with van der Waals surface area (Å²) in [6, 6.07) is 11.7. The lowest BCUT2D eigenvalue weighted by molar-refractivity contribution is 1.22. The molecule has 132 valence electrons. The highest BCUT2D eigenvalue weighted by molar-refractivity contribution is 7.16. The molecule has 2 N–H and O–H groups in total. The Morgan fingerprint density at radius 2 is 1.96 bits per heavy atom. The van der Waals surface area contributed by atoms with Crippen molar-refractivity contribution in [3.8, 4) is 22.5 Å². The standard InChI is InChI=1S/C21H16N4OS/c1-11-7-12(2)24-19(11)20-14(9-15-17(26)5-6-22-21(15)25-20)13-3-4-16-18(8-13)27-10-23-16/h3-10,24H,1-2H3,(H,22,25,26). The van der Waals surface area contributed by atoms with Crippen LogP contribution in [0.15, 0.2) is 52.9 Å². The van der Waals surface area contributed by atoms with E-state index in [2.05, 4.69) is 34.0 Å². The molecule has 0 radical (unpaired) electrons. The van der Waals surface area contributed by atoms with Crippen LogP contribution in [-0.2, 0) is 0 Å². The number of H-pyrrole nitrogens is 2. The van der Waals surface area contributed by atoms with E-state index in [0.29, 0.717) is 11.0 Å². The largest absolute Gasteiger partial charge is 0.357 e. The predicted molar refractivity (Wildman–Crippen MR) is 110 cm³/mol. The maximum absolute atomic E-state index is 12.4. The van der Waals surface area contributed by atoms with Gasteiger partial charge in [0.2, 0.25) is 0 Å². The Balaban J connectivity index is 1.87. The van der Waals surface area contributed by atoms with E-state index in [9.17, 15) is 4.79 Å². The van der Waals surface area contributed by atoms with Gasteiger partial charge in [0.15, 0.2) is 5.43 Å². The van der Waals surface area contributed by atoms with Crippen molar-refractivity contribution in [2.24, 2.45) is 0 Å².